The molecule has 0 saturated heterocycles. The van der Waals surface area contributed by atoms with E-state index in [0.717, 1.165) is 0 Å². The molecule has 0 aliphatic carbocycles. The summed E-state index contributed by atoms with van der Waals surface area (Å²) in [5.74, 6) is -3.25. The zero-order valence-corrected chi connectivity index (χ0v) is 5.99. The molecule has 0 rings (SSSR count). The Morgan fingerprint density at radius 3 is 2.27 bits per heavy atom. The maximum Gasteiger partial charge on any atom is 0.253 e. The molecule has 0 aromatic carbocycles. The van der Waals surface area contributed by atoms with Crippen LogP contribution in [0.15, 0.2) is 12.7 Å². The second-order valence-electron chi connectivity index (χ2n) is 2.28. The van der Waals surface area contributed by atoms with Gasteiger partial charge in [-0.3, -0.25) is 0 Å². The molecule has 0 nitrogen and oxygen atoms in total. The Kier molecular flexibility index (Phi) is 4.15. The summed E-state index contributed by atoms with van der Waals surface area (Å²) >= 11 is 0. The molecule has 0 aromatic rings. The average Bonchev–Trinajstić information content (AvgIpc) is 1.81. The summed E-state index contributed by atoms with van der Waals surface area (Å²) in [6, 6.07) is 0. The lowest BCUT2D eigenvalue weighted by Gasteiger charge is -2.13. The monoisotopic (exact) mass is 170 g/mol. The van der Waals surface area contributed by atoms with Crippen LogP contribution < -0.4 is 0 Å². The first-order chi connectivity index (χ1) is 4.98. The maximum atomic E-state index is 12.3. The van der Waals surface area contributed by atoms with Crippen LogP contribution in [0, 0.1) is 0 Å². The van der Waals surface area contributed by atoms with E-state index in [0.29, 0.717) is 0 Å². The minimum atomic E-state index is -3.25. The molecule has 4 heteroatoms. The molecule has 0 N–H and O–H groups in total. The lowest BCUT2D eigenvalue weighted by Crippen LogP contribution is -2.19. The summed E-state index contributed by atoms with van der Waals surface area (Å²) in [6.07, 6.45) is -3.46. The first-order valence-corrected chi connectivity index (χ1v) is 3.25. The van der Waals surface area contributed by atoms with Gasteiger partial charge in [0.05, 0.1) is 6.42 Å². The van der Waals surface area contributed by atoms with Crippen LogP contribution in [0.5, 0.6) is 0 Å². The Morgan fingerprint density at radius 2 is 1.91 bits per heavy atom. The molecule has 0 amide bonds. The van der Waals surface area contributed by atoms with Crippen LogP contribution in [0.4, 0.5) is 17.6 Å². The number of alkyl halides is 4. The van der Waals surface area contributed by atoms with Crippen LogP contribution >= 0.6 is 0 Å². The summed E-state index contributed by atoms with van der Waals surface area (Å²) in [5.41, 5.74) is 0. The van der Waals surface area contributed by atoms with Crippen LogP contribution in [0.2, 0.25) is 0 Å². The van der Waals surface area contributed by atoms with E-state index in [1.54, 1.807) is 0 Å². The van der Waals surface area contributed by atoms with E-state index in [1.165, 1.54) is 6.08 Å². The van der Waals surface area contributed by atoms with Crippen LogP contribution in [-0.2, 0) is 0 Å². The Balaban J connectivity index is 3.69. The van der Waals surface area contributed by atoms with Crippen LogP contribution in [-0.4, -0.2) is 12.3 Å². The van der Waals surface area contributed by atoms with Crippen LogP contribution in [0.1, 0.15) is 19.3 Å². The van der Waals surface area contributed by atoms with Gasteiger partial charge in [0.15, 0.2) is 0 Å². The van der Waals surface area contributed by atoms with Gasteiger partial charge in [-0.1, -0.05) is 6.08 Å². The smallest absolute Gasteiger partial charge is 0.210 e. The summed E-state index contributed by atoms with van der Waals surface area (Å²) in [6.45, 7) is 3.22. The number of hydrogen-bond donors (Lipinski definition) is 0. The highest BCUT2D eigenvalue weighted by Gasteiger charge is 2.31. The van der Waals surface area contributed by atoms with Crippen LogP contribution in [0.3, 0.4) is 0 Å². The predicted octanol–water partition coefficient (Wildman–Crippen LogP) is 3.24. The number of halogens is 4. The van der Waals surface area contributed by atoms with Gasteiger partial charge in [-0.15, -0.1) is 6.58 Å². The molecule has 0 atom stereocenters. The molecule has 0 aromatic heterocycles. The Morgan fingerprint density at radius 1 is 1.36 bits per heavy atom. The van der Waals surface area contributed by atoms with E-state index in [-0.39, 0.29) is 6.42 Å². The van der Waals surface area contributed by atoms with Crippen molar-refractivity contribution in [1.29, 1.82) is 0 Å². The second-order valence-corrected chi connectivity index (χ2v) is 2.28. The molecule has 0 fully saturated rings. The summed E-state index contributed by atoms with van der Waals surface area (Å²) in [7, 11) is 0. The first-order valence-electron chi connectivity index (χ1n) is 3.25. The highest BCUT2D eigenvalue weighted by Crippen LogP contribution is 2.27. The molecule has 11 heavy (non-hydrogen) atoms. The van der Waals surface area contributed by atoms with Gasteiger partial charge in [0.2, 0.25) is 6.43 Å². The zero-order chi connectivity index (χ0) is 8.91. The first kappa shape index (κ1) is 10.5. The molecule has 0 unspecified atom stereocenters. The van der Waals surface area contributed by atoms with Crippen molar-refractivity contribution in [2.24, 2.45) is 0 Å². The minimum Gasteiger partial charge on any atom is -0.210 e. The fraction of sp³-hybridized carbons (Fsp3) is 0.714. The third kappa shape index (κ3) is 5.88. The van der Waals surface area contributed by atoms with Gasteiger partial charge in [-0.25, -0.2) is 17.6 Å². The lowest BCUT2D eigenvalue weighted by atomic mass is 10.1. The van der Waals surface area contributed by atoms with Gasteiger partial charge in [0.25, 0.3) is 5.92 Å². The Labute approximate surface area is 62.9 Å². The molecular weight excluding hydrogens is 160 g/mol. The molecule has 0 aliphatic heterocycles. The van der Waals surface area contributed by atoms with Gasteiger partial charge in [0, 0.05) is 6.42 Å². The molecule has 66 valence electrons. The molecular formula is C7H10F4. The standard InChI is InChI=1S/C7H10F4/c1-2-3-4-7(10,11)5-6(8)9/h2,6H,1,3-5H2. The summed E-state index contributed by atoms with van der Waals surface area (Å²) < 4.78 is 47.6. The van der Waals surface area contributed by atoms with Crippen molar-refractivity contribution in [3.63, 3.8) is 0 Å². The van der Waals surface area contributed by atoms with Crippen molar-refractivity contribution in [3.05, 3.63) is 12.7 Å². The molecule has 0 bridgehead atoms. The van der Waals surface area contributed by atoms with Gasteiger partial charge in [-0.05, 0) is 6.42 Å². The van der Waals surface area contributed by atoms with Gasteiger partial charge in [-0.2, -0.15) is 0 Å². The van der Waals surface area contributed by atoms with E-state index in [2.05, 4.69) is 6.58 Å². The van der Waals surface area contributed by atoms with E-state index in [9.17, 15) is 17.6 Å². The van der Waals surface area contributed by atoms with E-state index >= 15 is 0 Å². The quantitative estimate of drug-likeness (QED) is 0.439. The fourth-order valence-corrected chi connectivity index (χ4v) is 0.641. The Bertz CT molecular complexity index is 120. The number of rotatable bonds is 5. The zero-order valence-electron chi connectivity index (χ0n) is 5.99. The van der Waals surface area contributed by atoms with Crippen molar-refractivity contribution in [2.75, 3.05) is 0 Å². The number of hydrogen-bond acceptors (Lipinski definition) is 0. The van der Waals surface area contributed by atoms with Gasteiger partial charge >= 0.3 is 0 Å². The second kappa shape index (κ2) is 4.36. The normalized spacial score (nSPS) is 12.1. The molecule has 0 heterocycles. The van der Waals surface area contributed by atoms with E-state index in [1.807, 2.05) is 0 Å². The van der Waals surface area contributed by atoms with Gasteiger partial charge in [0.1, 0.15) is 0 Å². The molecule has 0 spiro atoms. The predicted molar refractivity (Wildman–Crippen MR) is 35.0 cm³/mol. The molecule has 0 radical (unpaired) electrons. The fourth-order valence-electron chi connectivity index (χ4n) is 0.641. The SMILES string of the molecule is C=CCCC(F)(F)CC(F)F. The van der Waals surface area contributed by atoms with E-state index < -0.39 is 25.2 Å². The molecule has 0 saturated carbocycles. The largest absolute Gasteiger partial charge is 0.253 e. The van der Waals surface area contributed by atoms with Gasteiger partial charge < -0.3 is 0 Å². The van der Waals surface area contributed by atoms with Crippen molar-refractivity contribution in [1.82, 2.24) is 0 Å². The third-order valence-electron chi connectivity index (χ3n) is 1.17. The average molecular weight is 170 g/mol. The highest BCUT2D eigenvalue weighted by atomic mass is 19.3. The van der Waals surface area contributed by atoms with Crippen LogP contribution in [0.25, 0.3) is 0 Å². The highest BCUT2D eigenvalue weighted by molar-refractivity contribution is 4.74. The maximum absolute atomic E-state index is 12.3. The Hall–Kier alpha value is -0.540. The summed E-state index contributed by atoms with van der Waals surface area (Å²) in [4.78, 5) is 0. The van der Waals surface area contributed by atoms with Crippen molar-refractivity contribution >= 4 is 0 Å². The topological polar surface area (TPSA) is 0 Å². The minimum absolute atomic E-state index is 0.0692. The van der Waals surface area contributed by atoms with E-state index in [4.69, 9.17) is 0 Å². The van der Waals surface area contributed by atoms with Crippen molar-refractivity contribution < 1.29 is 17.6 Å². The number of allylic oxidation sites excluding steroid dienone is 1. The third-order valence-corrected chi connectivity index (χ3v) is 1.17. The summed E-state index contributed by atoms with van der Waals surface area (Å²) in [5, 5.41) is 0. The van der Waals surface area contributed by atoms with Crippen molar-refractivity contribution in [3.8, 4) is 0 Å². The van der Waals surface area contributed by atoms with Crippen molar-refractivity contribution in [2.45, 2.75) is 31.6 Å². The lowest BCUT2D eigenvalue weighted by molar-refractivity contribution is -0.0589. The molecule has 0 aliphatic rings.